The van der Waals surface area contributed by atoms with Crippen LogP contribution in [0.5, 0.6) is 23.1 Å². The number of ether oxygens (including phenoxy) is 3. The number of aromatic nitrogens is 3. The summed E-state index contributed by atoms with van der Waals surface area (Å²) in [6.07, 6.45) is 1.57. The van der Waals surface area contributed by atoms with Crippen LogP contribution in [0.4, 0.5) is 14.5 Å². The fraction of sp³-hybridized carbons (Fsp3) is 0.133. The molecule has 0 atom stereocenters. The summed E-state index contributed by atoms with van der Waals surface area (Å²) in [6, 6.07) is 14.7. The first kappa shape index (κ1) is 27.3. The zero-order valence-corrected chi connectivity index (χ0v) is 22.5. The third-order valence-corrected chi connectivity index (χ3v) is 6.45. The maximum absolute atomic E-state index is 15.1. The first-order chi connectivity index (χ1) is 19.7. The minimum atomic E-state index is -0.790. The number of hydrogen-bond acceptors (Lipinski definition) is 7. The molecule has 0 spiro atoms. The van der Waals surface area contributed by atoms with E-state index in [4.69, 9.17) is 14.2 Å². The molecule has 9 nitrogen and oxygen atoms in total. The molecule has 0 bridgehead atoms. The van der Waals surface area contributed by atoms with Crippen LogP contribution in [0.3, 0.4) is 0 Å². The largest absolute Gasteiger partial charge is 0.491 e. The molecule has 0 aliphatic heterocycles. The van der Waals surface area contributed by atoms with Crippen molar-refractivity contribution in [1.82, 2.24) is 14.5 Å². The standard InChI is InChI=1S/C30H24F2N4O5/c1-16-25(30(38)36(17(2)26(16)32)20-9-5-18(31)6-10-20)28(37)34-19-7-11-21(12-8-19)41-23-13-14-33-22-15-24(39-3)29(40-4)35-27(22)23/h5-15H,1-4H3,(H,34,37). The van der Waals surface area contributed by atoms with Crippen LogP contribution in [0, 0.1) is 25.5 Å². The Kier molecular flexibility index (Phi) is 7.34. The van der Waals surface area contributed by atoms with Crippen molar-refractivity contribution in [2.75, 3.05) is 19.5 Å². The molecule has 1 N–H and O–H groups in total. The van der Waals surface area contributed by atoms with E-state index in [0.717, 1.165) is 16.7 Å². The van der Waals surface area contributed by atoms with Crippen LogP contribution >= 0.6 is 0 Å². The summed E-state index contributed by atoms with van der Waals surface area (Å²) < 4.78 is 46.1. The minimum absolute atomic E-state index is 0.00588. The Morgan fingerprint density at radius 1 is 0.927 bits per heavy atom. The number of amides is 1. The number of carbonyl (C=O) groups excluding carboxylic acids is 1. The highest BCUT2D eigenvalue weighted by Crippen LogP contribution is 2.34. The van der Waals surface area contributed by atoms with E-state index in [9.17, 15) is 14.0 Å². The van der Waals surface area contributed by atoms with Crippen molar-refractivity contribution in [3.05, 3.63) is 106 Å². The number of nitrogens with one attached hydrogen (secondary N) is 1. The van der Waals surface area contributed by atoms with Gasteiger partial charge in [0.2, 0.25) is 0 Å². The Labute approximate surface area is 233 Å². The second kappa shape index (κ2) is 11.0. The van der Waals surface area contributed by atoms with Gasteiger partial charge in [0.25, 0.3) is 17.3 Å². The molecule has 0 fully saturated rings. The Hall–Kier alpha value is -5.32. The summed E-state index contributed by atoms with van der Waals surface area (Å²) in [4.78, 5) is 35.2. The Morgan fingerprint density at radius 3 is 2.29 bits per heavy atom. The van der Waals surface area contributed by atoms with E-state index in [2.05, 4.69) is 15.3 Å². The molecule has 1 amide bonds. The third-order valence-electron chi connectivity index (χ3n) is 6.45. The highest BCUT2D eigenvalue weighted by Gasteiger charge is 2.23. The van der Waals surface area contributed by atoms with Crippen molar-refractivity contribution in [3.8, 4) is 28.8 Å². The molecule has 0 saturated heterocycles. The zero-order valence-electron chi connectivity index (χ0n) is 22.5. The van der Waals surface area contributed by atoms with Gasteiger partial charge in [-0.3, -0.25) is 19.1 Å². The molecule has 0 saturated carbocycles. The van der Waals surface area contributed by atoms with Crippen LogP contribution < -0.4 is 25.1 Å². The molecule has 3 heterocycles. The molecule has 0 unspecified atom stereocenters. The first-order valence-corrected chi connectivity index (χ1v) is 12.4. The number of methoxy groups -OCH3 is 2. The average Bonchev–Trinajstić information content (AvgIpc) is 2.97. The van der Waals surface area contributed by atoms with Gasteiger partial charge < -0.3 is 19.5 Å². The molecule has 0 radical (unpaired) electrons. The molecule has 3 aromatic heterocycles. The summed E-state index contributed by atoms with van der Waals surface area (Å²) in [5, 5.41) is 2.64. The number of rotatable bonds is 7. The fourth-order valence-electron chi connectivity index (χ4n) is 4.39. The summed E-state index contributed by atoms with van der Waals surface area (Å²) in [5.41, 5.74) is 0.398. The van der Waals surface area contributed by atoms with E-state index < -0.39 is 23.1 Å². The van der Waals surface area contributed by atoms with E-state index in [1.165, 1.54) is 40.2 Å². The molecule has 208 valence electrons. The van der Waals surface area contributed by atoms with Crippen LogP contribution in [0.25, 0.3) is 16.7 Å². The number of anilines is 1. The highest BCUT2D eigenvalue weighted by atomic mass is 19.1. The predicted molar refractivity (Wildman–Crippen MR) is 149 cm³/mol. The van der Waals surface area contributed by atoms with E-state index in [-0.39, 0.29) is 28.4 Å². The minimum Gasteiger partial charge on any atom is -0.491 e. The Balaban J connectivity index is 1.41. The fourth-order valence-corrected chi connectivity index (χ4v) is 4.39. The molecular formula is C30H24F2N4O5. The van der Waals surface area contributed by atoms with Gasteiger partial charge in [-0.1, -0.05) is 0 Å². The van der Waals surface area contributed by atoms with Crippen LogP contribution in [-0.2, 0) is 0 Å². The first-order valence-electron chi connectivity index (χ1n) is 12.4. The maximum atomic E-state index is 15.1. The van der Waals surface area contributed by atoms with Gasteiger partial charge in [-0.15, -0.1) is 0 Å². The van der Waals surface area contributed by atoms with Gasteiger partial charge >= 0.3 is 0 Å². The van der Waals surface area contributed by atoms with E-state index in [1.54, 1.807) is 42.6 Å². The molecule has 0 aliphatic rings. The molecule has 2 aromatic carbocycles. The van der Waals surface area contributed by atoms with Gasteiger partial charge in [0, 0.05) is 35.3 Å². The predicted octanol–water partition coefficient (Wildman–Crippen LogP) is 5.74. The van der Waals surface area contributed by atoms with Crippen molar-refractivity contribution < 1.29 is 27.8 Å². The van der Waals surface area contributed by atoms with Crippen molar-refractivity contribution in [2.24, 2.45) is 0 Å². The number of fused-ring (bicyclic) bond motifs is 1. The topological polar surface area (TPSA) is 105 Å². The summed E-state index contributed by atoms with van der Waals surface area (Å²) in [7, 11) is 2.98. The quantitative estimate of drug-likeness (QED) is 0.272. The summed E-state index contributed by atoms with van der Waals surface area (Å²) in [5.74, 6) is -0.458. The number of hydrogen-bond donors (Lipinski definition) is 1. The second-order valence-corrected chi connectivity index (χ2v) is 8.97. The molecule has 11 heteroatoms. The van der Waals surface area contributed by atoms with Crippen LogP contribution in [0.1, 0.15) is 21.6 Å². The number of carbonyl (C=O) groups is 1. The highest BCUT2D eigenvalue weighted by molar-refractivity contribution is 6.05. The van der Waals surface area contributed by atoms with Gasteiger partial charge in [-0.25, -0.2) is 13.8 Å². The van der Waals surface area contributed by atoms with Crippen molar-refractivity contribution >= 4 is 22.6 Å². The lowest BCUT2D eigenvalue weighted by molar-refractivity contribution is 0.102. The average molecular weight is 559 g/mol. The lowest BCUT2D eigenvalue weighted by Crippen LogP contribution is -2.32. The molecule has 0 aliphatic carbocycles. The number of benzene rings is 2. The van der Waals surface area contributed by atoms with Crippen LogP contribution in [0.15, 0.2) is 71.7 Å². The molecular weight excluding hydrogens is 534 g/mol. The smallest absolute Gasteiger partial charge is 0.268 e. The van der Waals surface area contributed by atoms with Gasteiger partial charge in [0.05, 0.1) is 25.4 Å². The lowest BCUT2D eigenvalue weighted by Gasteiger charge is -2.16. The zero-order chi connectivity index (χ0) is 29.3. The number of halogens is 2. The van der Waals surface area contributed by atoms with Crippen molar-refractivity contribution in [2.45, 2.75) is 13.8 Å². The lowest BCUT2D eigenvalue weighted by atomic mass is 10.1. The molecule has 5 rings (SSSR count). The number of nitrogens with zero attached hydrogens (tertiary/aromatic N) is 3. The number of pyridine rings is 3. The van der Waals surface area contributed by atoms with Crippen molar-refractivity contribution in [3.63, 3.8) is 0 Å². The Morgan fingerprint density at radius 2 is 1.63 bits per heavy atom. The van der Waals surface area contributed by atoms with Gasteiger partial charge in [-0.2, -0.15) is 0 Å². The van der Waals surface area contributed by atoms with E-state index >= 15 is 4.39 Å². The summed E-state index contributed by atoms with van der Waals surface area (Å²) in [6.45, 7) is 2.78. The van der Waals surface area contributed by atoms with E-state index in [1.807, 2.05) is 0 Å². The van der Waals surface area contributed by atoms with E-state index in [0.29, 0.717) is 34.0 Å². The van der Waals surface area contributed by atoms with Gasteiger partial charge in [0.15, 0.2) is 11.5 Å². The molecule has 5 aromatic rings. The van der Waals surface area contributed by atoms with Crippen LogP contribution in [-0.4, -0.2) is 34.7 Å². The third kappa shape index (κ3) is 5.17. The molecule has 41 heavy (non-hydrogen) atoms. The normalized spacial score (nSPS) is 10.9. The van der Waals surface area contributed by atoms with Gasteiger partial charge in [-0.05, 0) is 62.4 Å². The SMILES string of the molecule is COc1cc2nccc(Oc3ccc(NC(=O)c4c(C)c(F)c(C)n(-c5ccc(F)cc5)c4=O)cc3)c2nc1OC. The monoisotopic (exact) mass is 558 g/mol. The summed E-state index contributed by atoms with van der Waals surface area (Å²) >= 11 is 0. The maximum Gasteiger partial charge on any atom is 0.268 e. The van der Waals surface area contributed by atoms with Gasteiger partial charge in [0.1, 0.15) is 28.5 Å². The second-order valence-electron chi connectivity index (χ2n) is 8.97. The van der Waals surface area contributed by atoms with Crippen molar-refractivity contribution in [1.29, 1.82) is 0 Å². The van der Waals surface area contributed by atoms with Crippen LogP contribution in [0.2, 0.25) is 0 Å². The Bertz CT molecular complexity index is 1840.